The standard InChI is InChI=1S/C23H19N3O2S/c1-14-24-22(20-18-8-5-9-19(18)29-23(20)25-14)28-17-12-10-16(11-13-17)26-21(27)15-6-3-2-4-7-15/h2-4,6-7,10-13H,5,8-9H2,1H3,(H,26,27). The Balaban J connectivity index is 1.38. The Labute approximate surface area is 172 Å². The molecule has 0 spiro atoms. The third kappa shape index (κ3) is 3.47. The molecule has 0 atom stereocenters. The number of hydrogen-bond acceptors (Lipinski definition) is 5. The van der Waals surface area contributed by atoms with Crippen molar-refractivity contribution in [3.8, 4) is 11.6 Å². The van der Waals surface area contributed by atoms with Crippen LogP contribution in [0.4, 0.5) is 5.69 Å². The number of rotatable bonds is 4. The van der Waals surface area contributed by atoms with Gasteiger partial charge in [-0.05, 0) is 68.1 Å². The zero-order valence-electron chi connectivity index (χ0n) is 15.9. The molecule has 1 amide bonds. The fourth-order valence-electron chi connectivity index (χ4n) is 3.65. The van der Waals surface area contributed by atoms with Crippen LogP contribution in [0.1, 0.15) is 33.0 Å². The molecule has 29 heavy (non-hydrogen) atoms. The Kier molecular flexibility index (Phi) is 4.48. The molecule has 0 bridgehead atoms. The molecular weight excluding hydrogens is 382 g/mol. The van der Waals surface area contributed by atoms with Crippen molar-refractivity contribution in [3.05, 3.63) is 76.4 Å². The van der Waals surface area contributed by atoms with Gasteiger partial charge in [0.25, 0.3) is 5.91 Å². The zero-order chi connectivity index (χ0) is 19.8. The Morgan fingerprint density at radius 3 is 2.62 bits per heavy atom. The lowest BCUT2D eigenvalue weighted by Crippen LogP contribution is -2.11. The van der Waals surface area contributed by atoms with Crippen molar-refractivity contribution in [2.75, 3.05) is 5.32 Å². The maximum Gasteiger partial charge on any atom is 0.255 e. The topological polar surface area (TPSA) is 64.1 Å². The van der Waals surface area contributed by atoms with Crippen LogP contribution in [0.25, 0.3) is 10.2 Å². The van der Waals surface area contributed by atoms with Gasteiger partial charge in [-0.15, -0.1) is 11.3 Å². The highest BCUT2D eigenvalue weighted by molar-refractivity contribution is 7.19. The summed E-state index contributed by atoms with van der Waals surface area (Å²) < 4.78 is 6.14. The minimum atomic E-state index is -0.138. The summed E-state index contributed by atoms with van der Waals surface area (Å²) in [4.78, 5) is 23.9. The van der Waals surface area contributed by atoms with Crippen molar-refractivity contribution in [2.24, 2.45) is 0 Å². The number of aryl methyl sites for hydroxylation is 3. The van der Waals surface area contributed by atoms with E-state index in [-0.39, 0.29) is 5.91 Å². The quantitative estimate of drug-likeness (QED) is 0.488. The first-order chi connectivity index (χ1) is 14.2. The average Bonchev–Trinajstić information content (AvgIpc) is 3.31. The van der Waals surface area contributed by atoms with Gasteiger partial charge in [-0.1, -0.05) is 18.2 Å². The number of nitrogens with zero attached hydrogens (tertiary/aromatic N) is 2. The van der Waals surface area contributed by atoms with Crippen LogP contribution in [0.2, 0.25) is 0 Å². The molecule has 1 N–H and O–H groups in total. The average molecular weight is 401 g/mol. The van der Waals surface area contributed by atoms with Crippen LogP contribution in [-0.4, -0.2) is 15.9 Å². The highest BCUT2D eigenvalue weighted by atomic mass is 32.1. The molecule has 0 saturated heterocycles. The van der Waals surface area contributed by atoms with E-state index in [0.29, 0.717) is 28.7 Å². The summed E-state index contributed by atoms with van der Waals surface area (Å²) in [6, 6.07) is 16.5. The lowest BCUT2D eigenvalue weighted by atomic mass is 10.2. The predicted molar refractivity (Wildman–Crippen MR) is 115 cm³/mol. The normalized spacial score (nSPS) is 12.7. The molecule has 1 aliphatic carbocycles. The molecule has 1 aliphatic rings. The number of ether oxygens (including phenoxy) is 1. The highest BCUT2D eigenvalue weighted by Crippen LogP contribution is 2.41. The van der Waals surface area contributed by atoms with E-state index < -0.39 is 0 Å². The highest BCUT2D eigenvalue weighted by Gasteiger charge is 2.23. The molecule has 0 fully saturated rings. The van der Waals surface area contributed by atoms with Gasteiger partial charge in [-0.25, -0.2) is 4.98 Å². The molecular formula is C23H19N3O2S. The van der Waals surface area contributed by atoms with Crippen LogP contribution in [0.5, 0.6) is 11.6 Å². The van der Waals surface area contributed by atoms with E-state index in [4.69, 9.17) is 4.74 Å². The fourth-order valence-corrected chi connectivity index (χ4v) is 4.95. The fraction of sp³-hybridized carbons (Fsp3) is 0.174. The van der Waals surface area contributed by atoms with Crippen molar-refractivity contribution < 1.29 is 9.53 Å². The minimum Gasteiger partial charge on any atom is -0.438 e. The van der Waals surface area contributed by atoms with E-state index in [1.165, 1.54) is 16.9 Å². The van der Waals surface area contributed by atoms with E-state index in [1.807, 2.05) is 49.4 Å². The molecule has 2 aromatic carbocycles. The van der Waals surface area contributed by atoms with E-state index >= 15 is 0 Å². The predicted octanol–water partition coefficient (Wildman–Crippen LogP) is 5.53. The SMILES string of the molecule is Cc1nc(Oc2ccc(NC(=O)c3ccccc3)cc2)c2c3c(sc2n1)CCC3. The molecule has 0 saturated carbocycles. The van der Waals surface area contributed by atoms with E-state index in [9.17, 15) is 4.79 Å². The van der Waals surface area contributed by atoms with Gasteiger partial charge < -0.3 is 10.1 Å². The van der Waals surface area contributed by atoms with E-state index in [2.05, 4.69) is 15.3 Å². The maximum atomic E-state index is 12.3. The number of nitrogens with one attached hydrogen (secondary N) is 1. The van der Waals surface area contributed by atoms with Crippen LogP contribution < -0.4 is 10.1 Å². The number of carbonyl (C=O) groups is 1. The zero-order valence-corrected chi connectivity index (χ0v) is 16.8. The number of hydrogen-bond donors (Lipinski definition) is 1. The van der Waals surface area contributed by atoms with E-state index in [1.54, 1.807) is 23.5 Å². The summed E-state index contributed by atoms with van der Waals surface area (Å²) in [7, 11) is 0. The second kappa shape index (κ2) is 7.29. The summed E-state index contributed by atoms with van der Waals surface area (Å²) in [6.07, 6.45) is 3.35. The van der Waals surface area contributed by atoms with Gasteiger partial charge in [0.2, 0.25) is 5.88 Å². The molecule has 5 nitrogen and oxygen atoms in total. The van der Waals surface area contributed by atoms with Gasteiger partial charge in [0, 0.05) is 16.1 Å². The van der Waals surface area contributed by atoms with Crippen LogP contribution in [-0.2, 0) is 12.8 Å². The van der Waals surface area contributed by atoms with Crippen molar-refractivity contribution in [3.63, 3.8) is 0 Å². The Bertz CT molecular complexity index is 1200. The monoisotopic (exact) mass is 401 g/mol. The third-order valence-corrected chi connectivity index (χ3v) is 6.19. The lowest BCUT2D eigenvalue weighted by molar-refractivity contribution is 0.102. The largest absolute Gasteiger partial charge is 0.438 e. The van der Waals surface area contributed by atoms with Gasteiger partial charge in [-0.3, -0.25) is 4.79 Å². The molecule has 0 unspecified atom stereocenters. The number of carbonyl (C=O) groups excluding carboxylic acids is 1. The van der Waals surface area contributed by atoms with Gasteiger partial charge in [0.05, 0.1) is 5.39 Å². The number of anilines is 1. The summed E-state index contributed by atoms with van der Waals surface area (Å²) in [5, 5.41) is 3.95. The third-order valence-electron chi connectivity index (χ3n) is 5.01. The number of amides is 1. The minimum absolute atomic E-state index is 0.138. The number of benzene rings is 2. The van der Waals surface area contributed by atoms with Crippen molar-refractivity contribution in [1.29, 1.82) is 0 Å². The van der Waals surface area contributed by atoms with Gasteiger partial charge in [-0.2, -0.15) is 4.98 Å². The maximum absolute atomic E-state index is 12.3. The van der Waals surface area contributed by atoms with Gasteiger partial charge in [0.1, 0.15) is 16.4 Å². The molecule has 6 heteroatoms. The van der Waals surface area contributed by atoms with E-state index in [0.717, 1.165) is 23.1 Å². The first-order valence-electron chi connectivity index (χ1n) is 9.60. The summed E-state index contributed by atoms with van der Waals surface area (Å²) in [5.41, 5.74) is 2.68. The van der Waals surface area contributed by atoms with Crippen LogP contribution >= 0.6 is 11.3 Å². The van der Waals surface area contributed by atoms with Crippen LogP contribution in [0.15, 0.2) is 54.6 Å². The molecule has 2 heterocycles. The van der Waals surface area contributed by atoms with Crippen LogP contribution in [0, 0.1) is 6.92 Å². The van der Waals surface area contributed by atoms with Crippen molar-refractivity contribution in [2.45, 2.75) is 26.2 Å². The summed E-state index contributed by atoms with van der Waals surface area (Å²) >= 11 is 1.75. The van der Waals surface area contributed by atoms with Crippen molar-refractivity contribution >= 4 is 33.1 Å². The molecule has 144 valence electrons. The molecule has 4 aromatic rings. The smallest absolute Gasteiger partial charge is 0.255 e. The number of thiophene rings is 1. The molecule has 5 rings (SSSR count). The molecule has 0 aliphatic heterocycles. The molecule has 2 aromatic heterocycles. The van der Waals surface area contributed by atoms with Gasteiger partial charge in [0.15, 0.2) is 0 Å². The number of fused-ring (bicyclic) bond motifs is 3. The van der Waals surface area contributed by atoms with Gasteiger partial charge >= 0.3 is 0 Å². The molecule has 0 radical (unpaired) electrons. The first-order valence-corrected chi connectivity index (χ1v) is 10.4. The van der Waals surface area contributed by atoms with Crippen molar-refractivity contribution in [1.82, 2.24) is 9.97 Å². The first kappa shape index (κ1) is 17.8. The Morgan fingerprint density at radius 2 is 1.83 bits per heavy atom. The lowest BCUT2D eigenvalue weighted by Gasteiger charge is -2.09. The second-order valence-corrected chi connectivity index (χ2v) is 8.14. The summed E-state index contributed by atoms with van der Waals surface area (Å²) in [5.74, 6) is 1.87. The Hall–Kier alpha value is -3.25. The second-order valence-electron chi connectivity index (χ2n) is 7.06. The Morgan fingerprint density at radius 1 is 1.03 bits per heavy atom. The van der Waals surface area contributed by atoms with Crippen LogP contribution in [0.3, 0.4) is 0 Å². The summed E-state index contributed by atoms with van der Waals surface area (Å²) in [6.45, 7) is 1.89. The number of aromatic nitrogens is 2.